The lowest BCUT2D eigenvalue weighted by atomic mass is 10.1. The number of nitrogens with one attached hydrogen (secondary N) is 1. The number of hydrogen-bond donors (Lipinski definition) is 2. The van der Waals surface area contributed by atoms with E-state index in [1.54, 1.807) is 26.1 Å². The minimum atomic E-state index is -0.414. The number of carbonyl (C=O) groups excluding carboxylic acids is 1. The molecule has 0 radical (unpaired) electrons. The molecule has 0 fully saturated rings. The molecule has 2 rings (SSSR count). The number of phenolic OH excluding ortho intramolecular Hbond substituents is 1. The highest BCUT2D eigenvalue weighted by molar-refractivity contribution is 8.03. The van der Waals surface area contributed by atoms with Crippen LogP contribution < -0.4 is 16.6 Å². The monoisotopic (exact) mass is 403 g/mol. The van der Waals surface area contributed by atoms with Gasteiger partial charge in [-0.3, -0.25) is 18.7 Å². The van der Waals surface area contributed by atoms with Gasteiger partial charge in [-0.15, -0.1) is 11.8 Å². The average Bonchev–Trinajstić information content (AvgIpc) is 2.69. The summed E-state index contributed by atoms with van der Waals surface area (Å²) in [6, 6.07) is 6.21. The number of nitrogens with zero attached hydrogens (tertiary/aromatic N) is 2. The molecule has 1 aromatic carbocycles. The molecule has 0 saturated heterocycles. The average molecular weight is 404 g/mol. The van der Waals surface area contributed by atoms with Gasteiger partial charge in [-0.05, 0) is 25.5 Å². The lowest BCUT2D eigenvalue weighted by Gasteiger charge is -2.15. The van der Waals surface area contributed by atoms with E-state index in [0.29, 0.717) is 22.0 Å². The van der Waals surface area contributed by atoms with Crippen LogP contribution in [0.25, 0.3) is 0 Å². The third-order valence-corrected chi connectivity index (χ3v) is 5.34. The van der Waals surface area contributed by atoms with E-state index in [0.717, 1.165) is 17.4 Å². The van der Waals surface area contributed by atoms with Gasteiger partial charge in [0.1, 0.15) is 11.4 Å². The number of phenols is 1. The number of unbranched alkanes of at least 4 members (excludes halogenated alkanes) is 1. The highest BCUT2D eigenvalue weighted by Gasteiger charge is 2.15. The highest BCUT2D eigenvalue weighted by Crippen LogP contribution is 2.22. The first-order valence-corrected chi connectivity index (χ1v) is 9.93. The van der Waals surface area contributed by atoms with E-state index in [9.17, 15) is 19.5 Å². The second kappa shape index (κ2) is 9.45. The summed E-state index contributed by atoms with van der Waals surface area (Å²) in [6.45, 7) is 3.73. The van der Waals surface area contributed by atoms with Crippen LogP contribution in [0.15, 0.2) is 45.0 Å². The molecule has 0 aliphatic rings. The molecule has 0 saturated carbocycles. The van der Waals surface area contributed by atoms with Gasteiger partial charge in [0.15, 0.2) is 5.78 Å². The van der Waals surface area contributed by atoms with Gasteiger partial charge < -0.3 is 10.4 Å². The van der Waals surface area contributed by atoms with Crippen molar-refractivity contribution in [3.05, 3.63) is 67.5 Å². The molecule has 0 aliphatic carbocycles. The maximum atomic E-state index is 12.5. The van der Waals surface area contributed by atoms with E-state index in [4.69, 9.17) is 0 Å². The molecule has 2 aromatic rings. The summed E-state index contributed by atoms with van der Waals surface area (Å²) in [5.41, 5.74) is 0.456. The van der Waals surface area contributed by atoms with Crippen molar-refractivity contribution in [1.29, 1.82) is 0 Å². The van der Waals surface area contributed by atoms with E-state index in [1.165, 1.54) is 35.5 Å². The van der Waals surface area contributed by atoms with E-state index < -0.39 is 5.56 Å². The molecule has 0 spiro atoms. The van der Waals surface area contributed by atoms with Gasteiger partial charge in [-0.1, -0.05) is 31.6 Å². The summed E-state index contributed by atoms with van der Waals surface area (Å²) in [6.07, 6.45) is 3.63. The molecule has 8 heteroatoms. The lowest BCUT2D eigenvalue weighted by Crippen LogP contribution is -2.39. The fourth-order valence-electron chi connectivity index (χ4n) is 2.54. The second-order valence-electron chi connectivity index (χ2n) is 6.41. The number of thioether (sulfide) groups is 1. The smallest absolute Gasteiger partial charge is 0.330 e. The first kappa shape index (κ1) is 21.6. The molecule has 150 valence electrons. The fraction of sp³-hybridized carbons (Fsp3) is 0.350. The van der Waals surface area contributed by atoms with Crippen LogP contribution in [0.5, 0.6) is 5.75 Å². The molecule has 0 aliphatic heterocycles. The minimum absolute atomic E-state index is 0.0417. The predicted molar refractivity (Wildman–Crippen MR) is 113 cm³/mol. The number of benzene rings is 1. The molecule has 1 aromatic heterocycles. The van der Waals surface area contributed by atoms with Gasteiger partial charge >= 0.3 is 5.69 Å². The third-order valence-electron chi connectivity index (χ3n) is 4.35. The third kappa shape index (κ3) is 4.95. The molecule has 0 unspecified atom stereocenters. The summed E-state index contributed by atoms with van der Waals surface area (Å²) in [4.78, 5) is 37.0. The molecule has 1 heterocycles. The largest absolute Gasteiger partial charge is 0.508 e. The zero-order valence-electron chi connectivity index (χ0n) is 16.5. The Morgan fingerprint density at radius 1 is 1.25 bits per heavy atom. The minimum Gasteiger partial charge on any atom is -0.508 e. The van der Waals surface area contributed by atoms with Crippen molar-refractivity contribution in [2.24, 2.45) is 14.1 Å². The number of rotatable bonds is 8. The number of aromatic hydroxyl groups is 1. The number of allylic oxidation sites excluding steroid dienone is 1. The first-order chi connectivity index (χ1) is 13.3. The number of anilines is 1. The topological polar surface area (TPSA) is 93.3 Å². The normalized spacial score (nSPS) is 11.5. The molecule has 0 atom stereocenters. The number of ketones is 1. The quantitative estimate of drug-likeness (QED) is 0.659. The van der Waals surface area contributed by atoms with Crippen LogP contribution in [0.4, 0.5) is 5.69 Å². The molecule has 7 nitrogen and oxygen atoms in total. The zero-order valence-corrected chi connectivity index (χ0v) is 17.3. The number of aromatic nitrogens is 2. The number of Topliss-reactive ketones (excluding diaryl/α,β-unsaturated/α-hetero) is 1. The SMILES string of the molecule is CCC/C=C(/Nc1c(C)n(C)c(=O)n(C)c1=O)SCC(=O)c1cccc(O)c1. The summed E-state index contributed by atoms with van der Waals surface area (Å²) >= 11 is 1.28. The van der Waals surface area contributed by atoms with E-state index in [1.807, 2.05) is 13.0 Å². The summed E-state index contributed by atoms with van der Waals surface area (Å²) in [7, 11) is 3.04. The van der Waals surface area contributed by atoms with Crippen molar-refractivity contribution in [2.75, 3.05) is 11.1 Å². The Hall–Kier alpha value is -2.74. The van der Waals surface area contributed by atoms with E-state index >= 15 is 0 Å². The number of hydrogen-bond acceptors (Lipinski definition) is 6. The molecule has 28 heavy (non-hydrogen) atoms. The maximum Gasteiger partial charge on any atom is 0.330 e. The summed E-state index contributed by atoms with van der Waals surface area (Å²) < 4.78 is 2.46. The second-order valence-corrected chi connectivity index (χ2v) is 7.43. The Kier molecular flexibility index (Phi) is 7.28. The Bertz CT molecular complexity index is 1020. The van der Waals surface area contributed by atoms with Crippen molar-refractivity contribution in [2.45, 2.75) is 26.7 Å². The standard InChI is InChI=1S/C20H25N3O4S/c1-5-6-10-17(28-12-16(25)14-8-7-9-15(24)11-14)21-18-13(2)22(3)20(27)23(4)19(18)26/h7-11,21,24H,5-6,12H2,1-4H3/b17-10-. The van der Waals surface area contributed by atoms with Crippen molar-refractivity contribution < 1.29 is 9.90 Å². The van der Waals surface area contributed by atoms with Crippen molar-refractivity contribution in [3.63, 3.8) is 0 Å². The number of carbonyl (C=O) groups is 1. The molecule has 0 bridgehead atoms. The van der Waals surface area contributed by atoms with Gasteiger partial charge in [0.05, 0.1) is 10.8 Å². The predicted octanol–water partition coefficient (Wildman–Crippen LogP) is 2.77. The summed E-state index contributed by atoms with van der Waals surface area (Å²) in [5, 5.41) is 13.3. The van der Waals surface area contributed by atoms with Crippen LogP contribution in [0.2, 0.25) is 0 Å². The Labute approximate surface area is 167 Å². The van der Waals surface area contributed by atoms with Crippen molar-refractivity contribution >= 4 is 23.2 Å². The zero-order chi connectivity index (χ0) is 20.8. The van der Waals surface area contributed by atoms with Crippen LogP contribution in [0.3, 0.4) is 0 Å². The Morgan fingerprint density at radius 2 is 1.96 bits per heavy atom. The van der Waals surface area contributed by atoms with Crippen LogP contribution in [-0.4, -0.2) is 25.8 Å². The van der Waals surface area contributed by atoms with Gasteiger partial charge in [0.25, 0.3) is 5.56 Å². The van der Waals surface area contributed by atoms with Crippen molar-refractivity contribution in [1.82, 2.24) is 9.13 Å². The van der Waals surface area contributed by atoms with Crippen molar-refractivity contribution in [3.8, 4) is 5.75 Å². The van der Waals surface area contributed by atoms with E-state index in [2.05, 4.69) is 5.32 Å². The van der Waals surface area contributed by atoms with Gasteiger partial charge in [-0.2, -0.15) is 0 Å². The lowest BCUT2D eigenvalue weighted by molar-refractivity contribution is 0.102. The first-order valence-electron chi connectivity index (χ1n) is 8.95. The Morgan fingerprint density at radius 3 is 2.61 bits per heavy atom. The van der Waals surface area contributed by atoms with Gasteiger partial charge in [0, 0.05) is 25.4 Å². The molecule has 0 amide bonds. The van der Waals surface area contributed by atoms with Crippen LogP contribution in [-0.2, 0) is 14.1 Å². The Balaban J connectivity index is 2.25. The van der Waals surface area contributed by atoms with Crippen LogP contribution >= 0.6 is 11.8 Å². The van der Waals surface area contributed by atoms with Gasteiger partial charge in [-0.25, -0.2) is 4.79 Å². The van der Waals surface area contributed by atoms with E-state index in [-0.39, 0.29) is 23.0 Å². The van der Waals surface area contributed by atoms with Crippen LogP contribution in [0, 0.1) is 6.92 Å². The fourth-order valence-corrected chi connectivity index (χ4v) is 3.40. The molecule has 2 N–H and O–H groups in total. The molecular weight excluding hydrogens is 378 g/mol. The summed E-state index contributed by atoms with van der Waals surface area (Å²) in [5.74, 6) is 0.0622. The highest BCUT2D eigenvalue weighted by atomic mass is 32.2. The molecular formula is C20H25N3O4S. The van der Waals surface area contributed by atoms with Crippen LogP contribution in [0.1, 0.15) is 35.8 Å². The van der Waals surface area contributed by atoms with Gasteiger partial charge in [0.2, 0.25) is 0 Å². The maximum absolute atomic E-state index is 12.5.